The van der Waals surface area contributed by atoms with Crippen LogP contribution in [-0.2, 0) is 5.60 Å². The van der Waals surface area contributed by atoms with Gasteiger partial charge in [-0.05, 0) is 61.6 Å². The number of carbonyl (C=O) groups excluding carboxylic acids is 2. The van der Waals surface area contributed by atoms with E-state index in [-0.39, 0.29) is 23.0 Å². The normalized spacial score (nSPS) is 11.8. The average Bonchev–Trinajstić information content (AvgIpc) is 3.22. The number of carbonyl (C=O) groups is 2. The molecule has 3 aromatic rings. The summed E-state index contributed by atoms with van der Waals surface area (Å²) in [5, 5.41) is 20.0. The molecule has 0 unspecified atom stereocenters. The molecule has 0 radical (unpaired) electrons. The Kier molecular flexibility index (Phi) is 6.74. The molecule has 0 aliphatic carbocycles. The lowest BCUT2D eigenvalue weighted by atomic mass is 9.96. The molecule has 1 heterocycles. The number of anilines is 1. The van der Waals surface area contributed by atoms with E-state index < -0.39 is 5.60 Å². The molecule has 1 aromatic heterocycles. The number of aliphatic hydroxyl groups is 1. The van der Waals surface area contributed by atoms with Gasteiger partial charge < -0.3 is 20.3 Å². The first kappa shape index (κ1) is 24.2. The van der Waals surface area contributed by atoms with Crippen molar-refractivity contribution >= 4 is 17.5 Å². The van der Waals surface area contributed by atoms with Gasteiger partial charge in [-0.1, -0.05) is 44.1 Å². The van der Waals surface area contributed by atoms with Gasteiger partial charge in [-0.3, -0.25) is 9.59 Å². The molecule has 3 rings (SSSR count). The first-order valence-corrected chi connectivity index (χ1v) is 10.8. The zero-order chi connectivity index (χ0) is 24.4. The van der Waals surface area contributed by atoms with E-state index in [2.05, 4.69) is 15.8 Å². The van der Waals surface area contributed by atoms with Gasteiger partial charge >= 0.3 is 0 Å². The summed E-state index contributed by atoms with van der Waals surface area (Å²) in [6, 6.07) is 13.9. The molecule has 3 N–H and O–H groups in total. The molecule has 0 saturated heterocycles. The van der Waals surface area contributed by atoms with Crippen molar-refractivity contribution < 1.29 is 19.2 Å². The molecule has 0 spiro atoms. The Balaban J connectivity index is 1.79. The molecule has 2 aromatic carbocycles. The summed E-state index contributed by atoms with van der Waals surface area (Å²) in [5.74, 6) is -0.484. The van der Waals surface area contributed by atoms with Crippen LogP contribution in [0.5, 0.6) is 0 Å². The highest BCUT2D eigenvalue weighted by Crippen LogP contribution is 2.27. The van der Waals surface area contributed by atoms with Gasteiger partial charge in [-0.2, -0.15) is 0 Å². The zero-order valence-corrected chi connectivity index (χ0v) is 19.9. The molecule has 174 valence electrons. The lowest BCUT2D eigenvalue weighted by molar-refractivity contribution is 0.0784. The Hall–Kier alpha value is -3.45. The molecule has 0 aliphatic heterocycles. The van der Waals surface area contributed by atoms with Crippen LogP contribution in [-0.4, -0.2) is 28.6 Å². The molecular weight excluding hydrogens is 418 g/mol. The van der Waals surface area contributed by atoms with Crippen LogP contribution in [0.15, 0.2) is 53.1 Å². The predicted octanol–water partition coefficient (Wildman–Crippen LogP) is 4.91. The molecule has 0 saturated carbocycles. The monoisotopic (exact) mass is 449 g/mol. The first-order chi connectivity index (χ1) is 15.3. The third-order valence-electron chi connectivity index (χ3n) is 5.12. The summed E-state index contributed by atoms with van der Waals surface area (Å²) in [6.45, 7) is 11.9. The van der Waals surface area contributed by atoms with Crippen molar-refractivity contribution in [3.8, 4) is 11.3 Å². The molecule has 0 bridgehead atoms. The zero-order valence-electron chi connectivity index (χ0n) is 19.9. The van der Waals surface area contributed by atoms with E-state index in [0.717, 1.165) is 11.1 Å². The highest BCUT2D eigenvalue weighted by molar-refractivity contribution is 6.04. The number of rotatable bonds is 6. The van der Waals surface area contributed by atoms with Crippen LogP contribution in [0.25, 0.3) is 11.3 Å². The van der Waals surface area contributed by atoms with E-state index >= 15 is 0 Å². The van der Waals surface area contributed by atoms with Crippen LogP contribution in [0.4, 0.5) is 5.69 Å². The number of aromatic nitrogens is 1. The van der Waals surface area contributed by atoms with Crippen molar-refractivity contribution in [2.75, 3.05) is 11.9 Å². The maximum Gasteiger partial charge on any atom is 0.289 e. The Morgan fingerprint density at radius 2 is 1.73 bits per heavy atom. The van der Waals surface area contributed by atoms with Crippen molar-refractivity contribution in [3.05, 3.63) is 71.0 Å². The summed E-state index contributed by atoms with van der Waals surface area (Å²) < 4.78 is 5.26. The third kappa shape index (κ3) is 6.29. The Morgan fingerprint density at radius 1 is 1.00 bits per heavy atom. The van der Waals surface area contributed by atoms with Crippen LogP contribution in [0.3, 0.4) is 0 Å². The molecular formula is C26H31N3O4. The van der Waals surface area contributed by atoms with Gasteiger partial charge in [0.1, 0.15) is 5.69 Å². The van der Waals surface area contributed by atoms with Crippen LogP contribution in [0, 0.1) is 12.3 Å². The predicted molar refractivity (Wildman–Crippen MR) is 128 cm³/mol. The van der Waals surface area contributed by atoms with Crippen LogP contribution >= 0.6 is 0 Å². The van der Waals surface area contributed by atoms with Gasteiger partial charge in [-0.15, -0.1) is 0 Å². The van der Waals surface area contributed by atoms with Gasteiger partial charge in [0, 0.05) is 29.4 Å². The fourth-order valence-electron chi connectivity index (χ4n) is 3.16. The highest BCUT2D eigenvalue weighted by atomic mass is 16.5. The SMILES string of the molecule is Cc1ccc(NC(=O)c2cccc(C(C)(C)O)c2)cc1-c1cc(C(=O)NCC(C)(C)C)on1. The van der Waals surface area contributed by atoms with Crippen molar-refractivity contribution in [2.45, 2.75) is 47.1 Å². The van der Waals surface area contributed by atoms with Gasteiger partial charge in [0.05, 0.1) is 5.60 Å². The van der Waals surface area contributed by atoms with E-state index in [1.807, 2.05) is 33.8 Å². The second-order valence-corrected chi connectivity index (χ2v) is 9.94. The second-order valence-electron chi connectivity index (χ2n) is 9.94. The van der Waals surface area contributed by atoms with E-state index in [0.29, 0.717) is 29.1 Å². The second kappa shape index (κ2) is 9.19. The quantitative estimate of drug-likeness (QED) is 0.496. The first-order valence-electron chi connectivity index (χ1n) is 10.8. The smallest absolute Gasteiger partial charge is 0.289 e. The fraction of sp³-hybridized carbons (Fsp3) is 0.346. The van der Waals surface area contributed by atoms with Gasteiger partial charge in [0.2, 0.25) is 5.76 Å². The maximum absolute atomic E-state index is 12.8. The fourth-order valence-corrected chi connectivity index (χ4v) is 3.16. The van der Waals surface area contributed by atoms with Crippen molar-refractivity contribution in [1.29, 1.82) is 0 Å². The lowest BCUT2D eigenvalue weighted by Crippen LogP contribution is -2.31. The van der Waals surface area contributed by atoms with E-state index in [1.54, 1.807) is 56.3 Å². The van der Waals surface area contributed by atoms with Crippen molar-refractivity contribution in [2.24, 2.45) is 5.41 Å². The maximum atomic E-state index is 12.8. The number of nitrogens with zero attached hydrogens (tertiary/aromatic N) is 1. The molecule has 0 aliphatic rings. The van der Waals surface area contributed by atoms with Crippen molar-refractivity contribution in [1.82, 2.24) is 10.5 Å². The van der Waals surface area contributed by atoms with Gasteiger partial charge in [-0.25, -0.2) is 0 Å². The summed E-state index contributed by atoms with van der Waals surface area (Å²) in [7, 11) is 0. The van der Waals surface area contributed by atoms with Crippen LogP contribution in [0.1, 0.15) is 66.7 Å². The van der Waals surface area contributed by atoms with E-state index in [1.165, 1.54) is 0 Å². The standard InChI is InChI=1S/C26H31N3O4/c1-16-10-11-19(28-23(30)17-8-7-9-18(12-17)26(5,6)32)13-20(16)21-14-22(33-29-21)24(31)27-15-25(2,3)4/h7-14,32H,15H2,1-6H3,(H,27,31)(H,28,30). The summed E-state index contributed by atoms with van der Waals surface area (Å²) in [4.78, 5) is 25.2. The van der Waals surface area contributed by atoms with Gasteiger partial charge in [0.25, 0.3) is 11.8 Å². The lowest BCUT2D eigenvalue weighted by Gasteiger charge is -2.18. The molecule has 7 heteroatoms. The van der Waals surface area contributed by atoms with E-state index in [9.17, 15) is 14.7 Å². The largest absolute Gasteiger partial charge is 0.386 e. The third-order valence-corrected chi connectivity index (χ3v) is 5.12. The Labute approximate surface area is 194 Å². The molecule has 0 fully saturated rings. The number of benzene rings is 2. The van der Waals surface area contributed by atoms with Gasteiger partial charge in [0.15, 0.2) is 0 Å². The molecule has 33 heavy (non-hydrogen) atoms. The summed E-state index contributed by atoms with van der Waals surface area (Å²) in [5.41, 5.74) is 2.76. The van der Waals surface area contributed by atoms with E-state index in [4.69, 9.17) is 4.52 Å². The highest BCUT2D eigenvalue weighted by Gasteiger charge is 2.20. The average molecular weight is 450 g/mol. The number of nitrogens with one attached hydrogen (secondary N) is 2. The van der Waals surface area contributed by atoms with Crippen molar-refractivity contribution in [3.63, 3.8) is 0 Å². The number of aryl methyl sites for hydroxylation is 1. The number of hydrogen-bond acceptors (Lipinski definition) is 5. The summed E-state index contributed by atoms with van der Waals surface area (Å²) >= 11 is 0. The van der Waals surface area contributed by atoms with Crippen LogP contribution < -0.4 is 10.6 Å². The number of hydrogen-bond donors (Lipinski definition) is 3. The van der Waals surface area contributed by atoms with Crippen LogP contribution in [0.2, 0.25) is 0 Å². The molecule has 2 amide bonds. The Morgan fingerprint density at radius 3 is 2.39 bits per heavy atom. The number of amides is 2. The topological polar surface area (TPSA) is 104 Å². The molecule has 0 atom stereocenters. The Bertz CT molecular complexity index is 1170. The summed E-state index contributed by atoms with van der Waals surface area (Å²) in [6.07, 6.45) is 0. The minimum atomic E-state index is -1.04. The minimum Gasteiger partial charge on any atom is -0.386 e. The minimum absolute atomic E-state index is 0.0475. The molecule has 7 nitrogen and oxygen atoms in total.